The number of halogens is 1. The van der Waals surface area contributed by atoms with Crippen molar-refractivity contribution in [1.29, 1.82) is 0 Å². The van der Waals surface area contributed by atoms with Crippen LogP contribution in [0, 0.1) is 0 Å². The maximum atomic E-state index is 12.6. The highest BCUT2D eigenvalue weighted by atomic mass is 35.5. The van der Waals surface area contributed by atoms with E-state index in [0.717, 1.165) is 43.0 Å². The standard InChI is InChI=1S/C18H20ClN3O2S/c1-13(23)17-7-14(12-25-17)11-21-3-2-4-22(6-5-21)18(24)15-8-16(19)10-20-9-15/h7-10,12H,2-6,11H2,1H3. The first kappa shape index (κ1) is 18.0. The van der Waals surface area contributed by atoms with Crippen LogP contribution in [-0.4, -0.2) is 52.7 Å². The van der Waals surface area contributed by atoms with Gasteiger partial charge in [-0.25, -0.2) is 0 Å². The van der Waals surface area contributed by atoms with Gasteiger partial charge in [0.1, 0.15) is 0 Å². The van der Waals surface area contributed by atoms with Crippen molar-refractivity contribution in [2.24, 2.45) is 0 Å². The molecule has 1 amide bonds. The van der Waals surface area contributed by atoms with E-state index in [0.29, 0.717) is 17.1 Å². The molecule has 3 heterocycles. The molecule has 1 aliphatic rings. The lowest BCUT2D eigenvalue weighted by Crippen LogP contribution is -2.35. The summed E-state index contributed by atoms with van der Waals surface area (Å²) in [5.74, 6) is 0.0882. The highest BCUT2D eigenvalue weighted by Gasteiger charge is 2.21. The average molecular weight is 378 g/mol. The van der Waals surface area contributed by atoms with Crippen LogP contribution >= 0.6 is 22.9 Å². The molecule has 0 N–H and O–H groups in total. The Morgan fingerprint density at radius 3 is 2.76 bits per heavy atom. The normalized spacial score (nSPS) is 15.8. The number of rotatable bonds is 4. The van der Waals surface area contributed by atoms with Gasteiger partial charge in [-0.05, 0) is 36.4 Å². The SMILES string of the molecule is CC(=O)c1cc(CN2CCCN(C(=O)c3cncc(Cl)c3)CC2)cs1. The van der Waals surface area contributed by atoms with Gasteiger partial charge in [0.15, 0.2) is 5.78 Å². The molecule has 1 saturated heterocycles. The molecule has 3 rings (SSSR count). The minimum Gasteiger partial charge on any atom is -0.337 e. The number of pyridine rings is 1. The largest absolute Gasteiger partial charge is 0.337 e. The Hall–Kier alpha value is -1.76. The van der Waals surface area contributed by atoms with Crippen molar-refractivity contribution in [3.8, 4) is 0 Å². The minimum atomic E-state index is -0.0220. The minimum absolute atomic E-state index is 0.0220. The molecule has 5 nitrogen and oxygen atoms in total. The maximum absolute atomic E-state index is 12.6. The lowest BCUT2D eigenvalue weighted by atomic mass is 10.2. The van der Waals surface area contributed by atoms with E-state index >= 15 is 0 Å². The number of carbonyl (C=O) groups is 2. The highest BCUT2D eigenvalue weighted by molar-refractivity contribution is 7.12. The zero-order valence-electron chi connectivity index (χ0n) is 14.1. The van der Waals surface area contributed by atoms with E-state index in [-0.39, 0.29) is 11.7 Å². The summed E-state index contributed by atoms with van der Waals surface area (Å²) >= 11 is 7.43. The van der Waals surface area contributed by atoms with Crippen molar-refractivity contribution in [3.63, 3.8) is 0 Å². The Morgan fingerprint density at radius 2 is 2.04 bits per heavy atom. The molecular weight excluding hydrogens is 358 g/mol. The van der Waals surface area contributed by atoms with Gasteiger partial charge in [-0.15, -0.1) is 11.3 Å². The molecule has 2 aromatic rings. The third-order valence-electron chi connectivity index (χ3n) is 4.23. The monoisotopic (exact) mass is 377 g/mol. The lowest BCUT2D eigenvalue weighted by Gasteiger charge is -2.21. The first-order valence-electron chi connectivity index (χ1n) is 8.23. The van der Waals surface area contributed by atoms with Crippen LogP contribution in [0.4, 0.5) is 0 Å². The molecule has 0 aliphatic carbocycles. The number of aromatic nitrogens is 1. The van der Waals surface area contributed by atoms with E-state index in [2.05, 4.69) is 9.88 Å². The fraction of sp³-hybridized carbons (Fsp3) is 0.389. The number of hydrogen-bond donors (Lipinski definition) is 0. The summed E-state index contributed by atoms with van der Waals surface area (Å²) in [6.07, 6.45) is 4.01. The average Bonchev–Trinajstić information content (AvgIpc) is 2.93. The van der Waals surface area contributed by atoms with E-state index in [1.54, 1.807) is 19.2 Å². The Bertz CT molecular complexity index is 777. The molecule has 0 bridgehead atoms. The molecule has 0 spiro atoms. The van der Waals surface area contributed by atoms with Crippen molar-refractivity contribution < 1.29 is 9.59 Å². The summed E-state index contributed by atoms with van der Waals surface area (Å²) in [6, 6.07) is 3.63. The summed E-state index contributed by atoms with van der Waals surface area (Å²) < 4.78 is 0. The molecule has 0 saturated carbocycles. The Morgan fingerprint density at radius 1 is 1.20 bits per heavy atom. The fourth-order valence-corrected chi connectivity index (χ4v) is 3.93. The molecule has 1 fully saturated rings. The van der Waals surface area contributed by atoms with E-state index in [1.807, 2.05) is 16.3 Å². The predicted octanol–water partition coefficient (Wildman–Crippen LogP) is 3.35. The van der Waals surface area contributed by atoms with Crippen LogP contribution in [0.5, 0.6) is 0 Å². The van der Waals surface area contributed by atoms with Crippen molar-refractivity contribution in [3.05, 3.63) is 50.9 Å². The topological polar surface area (TPSA) is 53.5 Å². The van der Waals surface area contributed by atoms with Crippen molar-refractivity contribution in [1.82, 2.24) is 14.8 Å². The first-order chi connectivity index (χ1) is 12.0. The number of thiophene rings is 1. The van der Waals surface area contributed by atoms with Gasteiger partial charge >= 0.3 is 0 Å². The van der Waals surface area contributed by atoms with Crippen LogP contribution in [0.1, 0.15) is 38.9 Å². The zero-order valence-corrected chi connectivity index (χ0v) is 15.6. The first-order valence-corrected chi connectivity index (χ1v) is 9.49. The summed E-state index contributed by atoms with van der Waals surface area (Å²) in [5, 5.41) is 2.52. The van der Waals surface area contributed by atoms with Gasteiger partial charge in [0, 0.05) is 45.1 Å². The smallest absolute Gasteiger partial charge is 0.255 e. The van der Waals surface area contributed by atoms with Gasteiger partial charge in [-0.3, -0.25) is 19.5 Å². The molecule has 7 heteroatoms. The molecule has 0 atom stereocenters. The molecule has 1 aliphatic heterocycles. The molecular formula is C18H20ClN3O2S. The third kappa shape index (κ3) is 4.66. The lowest BCUT2D eigenvalue weighted by molar-refractivity contribution is 0.0760. The quantitative estimate of drug-likeness (QED) is 0.767. The second kappa shape index (κ2) is 8.08. The van der Waals surface area contributed by atoms with E-state index in [9.17, 15) is 9.59 Å². The van der Waals surface area contributed by atoms with Gasteiger partial charge < -0.3 is 4.90 Å². The summed E-state index contributed by atoms with van der Waals surface area (Å²) in [7, 11) is 0. The van der Waals surface area contributed by atoms with Crippen molar-refractivity contribution >= 4 is 34.6 Å². The molecule has 2 aromatic heterocycles. The van der Waals surface area contributed by atoms with Gasteiger partial charge in [0.2, 0.25) is 0 Å². The molecule has 25 heavy (non-hydrogen) atoms. The summed E-state index contributed by atoms with van der Waals surface area (Å²) in [4.78, 5) is 33.0. The number of Topliss-reactive ketones (excluding diaryl/α,β-unsaturated/α-hetero) is 1. The van der Waals surface area contributed by atoms with Crippen LogP contribution in [-0.2, 0) is 6.54 Å². The fourth-order valence-electron chi connectivity index (χ4n) is 2.94. The van der Waals surface area contributed by atoms with E-state index in [4.69, 9.17) is 11.6 Å². The summed E-state index contributed by atoms with van der Waals surface area (Å²) in [5.41, 5.74) is 1.69. The van der Waals surface area contributed by atoms with Crippen LogP contribution in [0.3, 0.4) is 0 Å². The number of nitrogens with zero attached hydrogens (tertiary/aromatic N) is 3. The predicted molar refractivity (Wildman–Crippen MR) is 99.4 cm³/mol. The number of hydrogen-bond acceptors (Lipinski definition) is 5. The van der Waals surface area contributed by atoms with Crippen LogP contribution < -0.4 is 0 Å². The molecule has 0 radical (unpaired) electrons. The maximum Gasteiger partial charge on any atom is 0.255 e. The molecule has 0 aromatic carbocycles. The molecule has 132 valence electrons. The van der Waals surface area contributed by atoms with Gasteiger partial charge in [0.25, 0.3) is 5.91 Å². The number of ketones is 1. The van der Waals surface area contributed by atoms with E-state index < -0.39 is 0 Å². The van der Waals surface area contributed by atoms with Crippen molar-refractivity contribution in [2.75, 3.05) is 26.2 Å². The Labute approximate surface area is 156 Å². The number of amides is 1. The van der Waals surface area contributed by atoms with Gasteiger partial charge in [-0.1, -0.05) is 11.6 Å². The second-order valence-electron chi connectivity index (χ2n) is 6.19. The number of carbonyl (C=O) groups excluding carboxylic acids is 2. The van der Waals surface area contributed by atoms with Crippen molar-refractivity contribution in [2.45, 2.75) is 19.9 Å². The Balaban J connectivity index is 1.60. The van der Waals surface area contributed by atoms with Crippen LogP contribution in [0.15, 0.2) is 29.9 Å². The Kier molecular flexibility index (Phi) is 5.83. The zero-order chi connectivity index (χ0) is 17.8. The third-order valence-corrected chi connectivity index (χ3v) is 5.52. The van der Waals surface area contributed by atoms with Gasteiger partial charge in [-0.2, -0.15) is 0 Å². The van der Waals surface area contributed by atoms with Crippen LogP contribution in [0.25, 0.3) is 0 Å². The molecule has 0 unspecified atom stereocenters. The second-order valence-corrected chi connectivity index (χ2v) is 7.54. The van der Waals surface area contributed by atoms with E-state index in [1.165, 1.54) is 17.5 Å². The summed E-state index contributed by atoms with van der Waals surface area (Å²) in [6.45, 7) is 5.55. The highest BCUT2D eigenvalue weighted by Crippen LogP contribution is 2.18. The van der Waals surface area contributed by atoms with Gasteiger partial charge in [0.05, 0.1) is 15.5 Å². The van der Waals surface area contributed by atoms with Crippen LogP contribution in [0.2, 0.25) is 5.02 Å².